The molecule has 1 aromatic carbocycles. The van der Waals surface area contributed by atoms with Gasteiger partial charge in [0.05, 0.1) is 10.0 Å². The van der Waals surface area contributed by atoms with E-state index in [1.807, 2.05) is 37.8 Å². The van der Waals surface area contributed by atoms with Crippen molar-refractivity contribution in [3.05, 3.63) is 67.8 Å². The molecule has 2 aromatic rings. The van der Waals surface area contributed by atoms with Gasteiger partial charge in [-0.3, -0.25) is 0 Å². The van der Waals surface area contributed by atoms with E-state index in [4.69, 9.17) is 27.9 Å². The average molecular weight is 551 g/mol. The fourth-order valence-corrected chi connectivity index (χ4v) is 5.51. The van der Waals surface area contributed by atoms with E-state index in [2.05, 4.69) is 45.7 Å². The topological polar surface area (TPSA) is 29.5 Å². The van der Waals surface area contributed by atoms with Crippen LogP contribution in [-0.4, -0.2) is 29.7 Å². The normalized spacial score (nSPS) is 14.1. The van der Waals surface area contributed by atoms with Crippen molar-refractivity contribution < 1.29 is 9.53 Å². The Hall–Kier alpha value is -1.75. The molecule has 1 fully saturated rings. The Morgan fingerprint density at radius 1 is 1.14 bits per heavy atom. The number of aryl methyl sites for hydroxylation is 1. The molecule has 6 heteroatoms. The van der Waals surface area contributed by atoms with Crippen molar-refractivity contribution in [3.8, 4) is 0 Å². The fourth-order valence-electron chi connectivity index (χ4n) is 4.39. The molecule has 1 aliphatic heterocycles. The van der Waals surface area contributed by atoms with Crippen LogP contribution >= 0.6 is 34.5 Å². The summed E-state index contributed by atoms with van der Waals surface area (Å²) in [5, 5.41) is 3.21. The molecule has 0 unspecified atom stereocenters. The van der Waals surface area contributed by atoms with Gasteiger partial charge in [-0.1, -0.05) is 67.3 Å². The Kier molecular flexibility index (Phi) is 11.6. The summed E-state index contributed by atoms with van der Waals surface area (Å²) in [6.07, 6.45) is 4.65. The molecular formula is C30H41Cl2NO2S. The second-order valence-electron chi connectivity index (χ2n) is 10.5. The highest BCUT2D eigenvalue weighted by Crippen LogP contribution is 2.40. The molecule has 0 spiro atoms. The summed E-state index contributed by atoms with van der Waals surface area (Å²) in [4.78, 5) is 14.9. The van der Waals surface area contributed by atoms with Crippen LogP contribution in [0.5, 0.6) is 0 Å². The third-order valence-electron chi connectivity index (χ3n) is 6.17. The molecule has 0 radical (unpaired) electrons. The van der Waals surface area contributed by atoms with E-state index in [1.165, 1.54) is 28.9 Å². The molecule has 3 nitrogen and oxygen atoms in total. The SMILES string of the molecule is C=C(C(=C(C)C)c1ccsc1C)c1cccc(Cl)c1Cl.CCCC1CCN(C(=O)OC(C)(C)C)CC1. The van der Waals surface area contributed by atoms with Gasteiger partial charge in [-0.05, 0) is 94.5 Å². The molecule has 2 heterocycles. The minimum absolute atomic E-state index is 0.151. The third kappa shape index (κ3) is 8.68. The Labute approximate surface area is 232 Å². The standard InChI is InChI=1S/C17H16Cl2S.C13H25NO2/c1-10(2)16(14-8-9-20-12(14)4)11(3)13-6-5-7-15(18)17(13)19;1-5-6-11-7-9-14(10-8-11)12(15)16-13(2,3)4/h5-9H,3H2,1-2,4H3;11H,5-10H2,1-4H3. The summed E-state index contributed by atoms with van der Waals surface area (Å²) in [6.45, 7) is 20.2. The highest BCUT2D eigenvalue weighted by atomic mass is 35.5. The molecule has 0 atom stereocenters. The van der Waals surface area contributed by atoms with E-state index >= 15 is 0 Å². The summed E-state index contributed by atoms with van der Waals surface area (Å²) in [7, 11) is 0. The summed E-state index contributed by atoms with van der Waals surface area (Å²) < 4.78 is 5.36. The minimum atomic E-state index is -0.378. The van der Waals surface area contributed by atoms with Gasteiger partial charge >= 0.3 is 6.09 Å². The maximum atomic E-state index is 11.8. The first-order chi connectivity index (χ1) is 16.9. The lowest BCUT2D eigenvalue weighted by Gasteiger charge is -2.33. The zero-order valence-electron chi connectivity index (χ0n) is 22.8. The molecule has 1 amide bonds. The molecule has 3 rings (SSSR count). The van der Waals surface area contributed by atoms with E-state index in [9.17, 15) is 4.79 Å². The molecule has 36 heavy (non-hydrogen) atoms. The second kappa shape index (κ2) is 13.7. The third-order valence-corrected chi connectivity index (χ3v) is 7.83. The number of halogens is 2. The number of hydrogen-bond donors (Lipinski definition) is 0. The van der Waals surface area contributed by atoms with Crippen molar-refractivity contribution >= 4 is 51.8 Å². The van der Waals surface area contributed by atoms with E-state index in [0.29, 0.717) is 10.0 Å². The summed E-state index contributed by atoms with van der Waals surface area (Å²) in [5.74, 6) is 0.809. The van der Waals surface area contributed by atoms with Crippen molar-refractivity contribution in [2.75, 3.05) is 13.1 Å². The van der Waals surface area contributed by atoms with Crippen molar-refractivity contribution in [2.45, 2.75) is 79.8 Å². The number of rotatable bonds is 5. The Morgan fingerprint density at radius 3 is 2.28 bits per heavy atom. The van der Waals surface area contributed by atoms with Crippen LogP contribution in [-0.2, 0) is 4.74 Å². The minimum Gasteiger partial charge on any atom is -0.444 e. The van der Waals surface area contributed by atoms with Crippen LogP contribution in [0.1, 0.15) is 83.2 Å². The quantitative estimate of drug-likeness (QED) is 0.347. The number of piperidine rings is 1. The number of likely N-dealkylation sites (tertiary alicyclic amines) is 1. The fraction of sp³-hybridized carbons (Fsp3) is 0.500. The predicted molar refractivity (Wildman–Crippen MR) is 158 cm³/mol. The lowest BCUT2D eigenvalue weighted by molar-refractivity contribution is 0.0181. The molecule has 0 N–H and O–H groups in total. The first-order valence-corrected chi connectivity index (χ1v) is 14.3. The van der Waals surface area contributed by atoms with Crippen molar-refractivity contribution in [3.63, 3.8) is 0 Å². The zero-order chi connectivity index (χ0) is 27.0. The van der Waals surface area contributed by atoms with Gasteiger partial charge in [0.2, 0.25) is 0 Å². The number of carbonyl (C=O) groups is 1. The maximum Gasteiger partial charge on any atom is 0.410 e. The van der Waals surface area contributed by atoms with Gasteiger partial charge < -0.3 is 9.64 Å². The summed E-state index contributed by atoms with van der Waals surface area (Å²) >= 11 is 14.2. The van der Waals surface area contributed by atoms with Crippen LogP contribution < -0.4 is 0 Å². The van der Waals surface area contributed by atoms with Crippen LogP contribution in [0.25, 0.3) is 11.1 Å². The van der Waals surface area contributed by atoms with E-state index in [0.717, 1.165) is 48.6 Å². The largest absolute Gasteiger partial charge is 0.444 e. The number of ether oxygens (including phenoxy) is 1. The van der Waals surface area contributed by atoms with Crippen molar-refractivity contribution in [1.29, 1.82) is 0 Å². The first kappa shape index (κ1) is 30.5. The highest BCUT2D eigenvalue weighted by Gasteiger charge is 2.26. The lowest BCUT2D eigenvalue weighted by atomic mass is 9.91. The smallest absolute Gasteiger partial charge is 0.410 e. The first-order valence-electron chi connectivity index (χ1n) is 12.7. The lowest BCUT2D eigenvalue weighted by Crippen LogP contribution is -2.41. The van der Waals surface area contributed by atoms with Crippen molar-refractivity contribution in [1.82, 2.24) is 4.90 Å². The Bertz CT molecular complexity index is 1070. The summed E-state index contributed by atoms with van der Waals surface area (Å²) in [5.41, 5.74) is 5.01. The van der Waals surface area contributed by atoms with E-state index in [1.54, 1.807) is 17.4 Å². The van der Waals surface area contributed by atoms with Gasteiger partial charge in [-0.15, -0.1) is 11.3 Å². The molecule has 0 aliphatic carbocycles. The highest BCUT2D eigenvalue weighted by molar-refractivity contribution is 7.10. The Morgan fingerprint density at radius 2 is 1.78 bits per heavy atom. The molecule has 1 aliphatic rings. The predicted octanol–water partition coefficient (Wildman–Crippen LogP) is 10.3. The number of amides is 1. The van der Waals surface area contributed by atoms with Gasteiger partial charge in [0, 0.05) is 23.5 Å². The number of benzene rings is 1. The van der Waals surface area contributed by atoms with Crippen LogP contribution in [0.2, 0.25) is 10.0 Å². The maximum absolute atomic E-state index is 11.8. The van der Waals surface area contributed by atoms with E-state index in [-0.39, 0.29) is 11.7 Å². The number of allylic oxidation sites excluding steroid dienone is 3. The molecule has 198 valence electrons. The molecule has 0 bridgehead atoms. The molecule has 0 saturated carbocycles. The number of carbonyl (C=O) groups excluding carboxylic acids is 1. The number of thiophene rings is 1. The van der Waals surface area contributed by atoms with Gasteiger partial charge in [0.25, 0.3) is 0 Å². The summed E-state index contributed by atoms with van der Waals surface area (Å²) in [6, 6.07) is 7.78. The van der Waals surface area contributed by atoms with Crippen LogP contribution in [0.4, 0.5) is 4.79 Å². The van der Waals surface area contributed by atoms with Crippen LogP contribution in [0.3, 0.4) is 0 Å². The van der Waals surface area contributed by atoms with Crippen molar-refractivity contribution in [2.24, 2.45) is 5.92 Å². The van der Waals surface area contributed by atoms with Gasteiger partial charge in [0.15, 0.2) is 0 Å². The van der Waals surface area contributed by atoms with Gasteiger partial charge in [-0.25, -0.2) is 4.79 Å². The number of nitrogens with zero attached hydrogens (tertiary/aromatic N) is 1. The monoisotopic (exact) mass is 549 g/mol. The second-order valence-corrected chi connectivity index (χ2v) is 12.5. The molecular weight excluding hydrogens is 509 g/mol. The zero-order valence-corrected chi connectivity index (χ0v) is 25.2. The van der Waals surface area contributed by atoms with E-state index < -0.39 is 0 Å². The van der Waals surface area contributed by atoms with Crippen LogP contribution in [0, 0.1) is 12.8 Å². The molecule has 1 aromatic heterocycles. The number of hydrogen-bond acceptors (Lipinski definition) is 3. The van der Waals surface area contributed by atoms with Crippen LogP contribution in [0.15, 0.2) is 41.8 Å². The molecule has 1 saturated heterocycles. The van der Waals surface area contributed by atoms with Gasteiger partial charge in [0.1, 0.15) is 5.60 Å². The Balaban J connectivity index is 0.000000261. The average Bonchev–Trinajstić information content (AvgIpc) is 3.20. The van der Waals surface area contributed by atoms with Gasteiger partial charge in [-0.2, -0.15) is 0 Å².